The van der Waals surface area contributed by atoms with Crippen molar-refractivity contribution in [3.05, 3.63) is 58.6 Å². The van der Waals surface area contributed by atoms with Crippen LogP contribution >= 0.6 is 47.3 Å². The summed E-state index contributed by atoms with van der Waals surface area (Å²) < 4.78 is 5.53. The number of rotatable bonds is 4. The minimum Gasteiger partial charge on any atom is -0.333 e. The zero-order valence-corrected chi connectivity index (χ0v) is 16.6. The summed E-state index contributed by atoms with van der Waals surface area (Å²) in [6.45, 7) is 0. The van der Waals surface area contributed by atoms with Crippen LogP contribution in [0, 0.1) is 0 Å². The largest absolute Gasteiger partial charge is 0.333 e. The van der Waals surface area contributed by atoms with E-state index in [1.807, 2.05) is 24.3 Å². The van der Waals surface area contributed by atoms with Gasteiger partial charge in [0.25, 0.3) is 0 Å². The average Bonchev–Trinajstić information content (AvgIpc) is 2.63. The van der Waals surface area contributed by atoms with Crippen LogP contribution in [0.4, 0.5) is 11.4 Å². The highest BCUT2D eigenvalue weighted by Gasteiger charge is 2.06. The van der Waals surface area contributed by atoms with Crippen molar-refractivity contribution in [2.75, 3.05) is 24.7 Å². The second-order valence-electron chi connectivity index (χ2n) is 4.56. The maximum Gasteiger partial charge on any atom is 0.189 e. The molecule has 0 radical (unpaired) electrons. The molecule has 25 heavy (non-hydrogen) atoms. The Morgan fingerprint density at radius 2 is 1.12 bits per heavy atom. The molecule has 0 unspecified atom stereocenters. The van der Waals surface area contributed by atoms with Crippen LogP contribution < -0.4 is 10.6 Å². The monoisotopic (exact) mass is 414 g/mol. The minimum atomic E-state index is 0.608. The van der Waals surface area contributed by atoms with E-state index in [4.69, 9.17) is 26.8 Å². The van der Waals surface area contributed by atoms with Gasteiger partial charge in [-0.2, -0.15) is 0 Å². The van der Waals surface area contributed by atoms with Crippen LogP contribution in [-0.2, 0) is 3.63 Å². The fourth-order valence-corrected chi connectivity index (χ4v) is 2.99. The van der Waals surface area contributed by atoms with Crippen LogP contribution in [0.25, 0.3) is 0 Å². The normalized spacial score (nSPS) is 12.2. The van der Waals surface area contributed by atoms with E-state index < -0.39 is 0 Å². The number of nitrogens with one attached hydrogen (secondary N) is 2. The fourth-order valence-electron chi connectivity index (χ4n) is 1.62. The fraction of sp³-hybridized carbons (Fsp3) is 0.125. The number of hydrogen-bond donors (Lipinski definition) is 2. The highest BCUT2D eigenvalue weighted by Crippen LogP contribution is 2.22. The molecule has 0 aromatic heterocycles. The highest BCUT2D eigenvalue weighted by atomic mass is 35.5. The Balaban J connectivity index is 1.82. The van der Waals surface area contributed by atoms with Crippen molar-refractivity contribution in [2.45, 2.75) is 0 Å². The lowest BCUT2D eigenvalue weighted by Crippen LogP contribution is -2.10. The molecule has 0 heterocycles. The molecule has 132 valence electrons. The van der Waals surface area contributed by atoms with E-state index in [0.29, 0.717) is 20.4 Å². The number of amidine groups is 2. The molecule has 0 atom stereocenters. The van der Waals surface area contributed by atoms with Crippen molar-refractivity contribution < 1.29 is 3.63 Å². The van der Waals surface area contributed by atoms with Crippen molar-refractivity contribution in [3.8, 4) is 0 Å². The Bertz CT molecular complexity index is 673. The van der Waals surface area contributed by atoms with Crippen LogP contribution in [0.5, 0.6) is 0 Å². The van der Waals surface area contributed by atoms with Crippen molar-refractivity contribution in [2.24, 2.45) is 9.98 Å². The van der Waals surface area contributed by atoms with Gasteiger partial charge in [-0.3, -0.25) is 9.98 Å². The lowest BCUT2D eigenvalue weighted by Gasteiger charge is -2.10. The molecule has 0 saturated heterocycles. The number of aliphatic imine (C=N–C) groups is 2. The first kappa shape index (κ1) is 19.9. The van der Waals surface area contributed by atoms with E-state index in [9.17, 15) is 0 Å². The number of benzene rings is 2. The Kier molecular flexibility index (Phi) is 8.43. The molecule has 0 fully saturated rings. The van der Waals surface area contributed by atoms with E-state index in [2.05, 4.69) is 20.6 Å². The topological polar surface area (TPSA) is 58.0 Å². The van der Waals surface area contributed by atoms with Gasteiger partial charge in [-0.1, -0.05) is 23.2 Å². The molecule has 0 saturated carbocycles. The summed E-state index contributed by atoms with van der Waals surface area (Å²) in [5.41, 5.74) is 1.74. The number of hydrogen-bond acceptors (Lipinski definition) is 5. The molecule has 0 spiro atoms. The molecule has 2 N–H and O–H groups in total. The van der Waals surface area contributed by atoms with Crippen LogP contribution in [0.1, 0.15) is 0 Å². The number of halogens is 2. The second-order valence-corrected chi connectivity index (χ2v) is 7.08. The average molecular weight is 415 g/mol. The van der Waals surface area contributed by atoms with Gasteiger partial charge >= 0.3 is 0 Å². The smallest absolute Gasteiger partial charge is 0.189 e. The Morgan fingerprint density at radius 3 is 1.44 bits per heavy atom. The summed E-state index contributed by atoms with van der Waals surface area (Å²) >= 11 is 14.0. The van der Waals surface area contributed by atoms with E-state index in [0.717, 1.165) is 35.5 Å². The zero-order valence-electron chi connectivity index (χ0n) is 13.5. The molecule has 0 aliphatic carbocycles. The summed E-state index contributed by atoms with van der Waals surface area (Å²) in [5.74, 6) is 0. The lowest BCUT2D eigenvalue weighted by atomic mass is 10.3. The Labute approximate surface area is 165 Å². The highest BCUT2D eigenvalue weighted by molar-refractivity contribution is 8.22. The van der Waals surface area contributed by atoms with E-state index in [-0.39, 0.29) is 0 Å². The molecule has 5 nitrogen and oxygen atoms in total. The van der Waals surface area contributed by atoms with Crippen molar-refractivity contribution >= 4 is 69.0 Å². The molecule has 2 aromatic rings. The minimum absolute atomic E-state index is 0.608. The SMILES string of the molecule is CN=C(Nc1ccc(Cl)cc1)SOSC(=NC)Nc1ccc(Cl)cc1. The summed E-state index contributed by atoms with van der Waals surface area (Å²) in [4.78, 5) is 8.29. The molecule has 2 rings (SSSR count). The third-order valence-corrected chi connectivity index (χ3v) is 4.76. The molecular formula is C16H16Cl2N4OS2. The molecular weight excluding hydrogens is 399 g/mol. The van der Waals surface area contributed by atoms with Gasteiger partial charge in [0.1, 0.15) is 0 Å². The van der Waals surface area contributed by atoms with Crippen LogP contribution in [-0.4, -0.2) is 24.4 Å². The molecule has 0 aliphatic heterocycles. The van der Waals surface area contributed by atoms with Crippen molar-refractivity contribution in [1.82, 2.24) is 0 Å². The van der Waals surface area contributed by atoms with E-state index in [1.165, 1.54) is 0 Å². The van der Waals surface area contributed by atoms with Gasteiger partial charge in [0, 0.05) is 35.5 Å². The van der Waals surface area contributed by atoms with Gasteiger partial charge in [-0.15, -0.1) is 0 Å². The van der Waals surface area contributed by atoms with Gasteiger partial charge in [0.15, 0.2) is 10.3 Å². The van der Waals surface area contributed by atoms with Crippen LogP contribution in [0.15, 0.2) is 58.5 Å². The summed E-state index contributed by atoms with van der Waals surface area (Å²) in [6, 6.07) is 14.7. The first-order valence-corrected chi connectivity index (χ1v) is 9.34. The maximum atomic E-state index is 5.87. The third kappa shape index (κ3) is 7.17. The summed E-state index contributed by atoms with van der Waals surface area (Å²) in [7, 11) is 3.36. The van der Waals surface area contributed by atoms with Gasteiger partial charge in [0.05, 0.1) is 24.1 Å². The van der Waals surface area contributed by atoms with Gasteiger partial charge in [-0.05, 0) is 48.5 Å². The van der Waals surface area contributed by atoms with Gasteiger partial charge in [-0.25, -0.2) is 3.63 Å². The van der Waals surface area contributed by atoms with Gasteiger partial charge in [0.2, 0.25) is 0 Å². The zero-order chi connectivity index (χ0) is 18.1. The Hall–Kier alpha value is -1.38. The van der Waals surface area contributed by atoms with Crippen molar-refractivity contribution in [1.29, 1.82) is 0 Å². The predicted molar refractivity (Wildman–Crippen MR) is 113 cm³/mol. The maximum absolute atomic E-state index is 5.87. The first-order chi connectivity index (χ1) is 12.1. The Morgan fingerprint density at radius 1 is 0.760 bits per heavy atom. The van der Waals surface area contributed by atoms with Crippen molar-refractivity contribution in [3.63, 3.8) is 0 Å². The quantitative estimate of drug-likeness (QED) is 0.375. The van der Waals surface area contributed by atoms with E-state index >= 15 is 0 Å². The second kappa shape index (κ2) is 10.6. The first-order valence-electron chi connectivity index (χ1n) is 7.10. The van der Waals surface area contributed by atoms with Crippen LogP contribution in [0.2, 0.25) is 10.0 Å². The van der Waals surface area contributed by atoms with Crippen LogP contribution in [0.3, 0.4) is 0 Å². The predicted octanol–water partition coefficient (Wildman–Crippen LogP) is 5.80. The molecule has 0 bridgehead atoms. The van der Waals surface area contributed by atoms with Gasteiger partial charge < -0.3 is 10.6 Å². The summed E-state index contributed by atoms with van der Waals surface area (Å²) in [6.07, 6.45) is 0. The number of anilines is 2. The molecule has 2 aromatic carbocycles. The number of nitrogens with zero attached hydrogens (tertiary/aromatic N) is 2. The molecule has 0 aliphatic rings. The third-order valence-electron chi connectivity index (χ3n) is 2.82. The lowest BCUT2D eigenvalue weighted by molar-refractivity contribution is 0.778. The van der Waals surface area contributed by atoms with E-state index in [1.54, 1.807) is 38.4 Å². The summed E-state index contributed by atoms with van der Waals surface area (Å²) in [5, 5.41) is 8.86. The molecule has 9 heteroatoms. The standard InChI is InChI=1S/C16H16Cl2N4OS2/c1-19-15(21-13-7-3-11(17)4-8-13)24-23-25-16(20-2)22-14-9-5-12(18)6-10-14/h3-10H,1-2H3,(H,19,21)(H,20,22). The molecule has 0 amide bonds.